The van der Waals surface area contributed by atoms with Crippen molar-refractivity contribution in [2.45, 2.75) is 18.9 Å². The Bertz CT molecular complexity index is 1490. The average molecular weight is 479 g/mol. The van der Waals surface area contributed by atoms with E-state index in [9.17, 15) is 4.79 Å². The summed E-state index contributed by atoms with van der Waals surface area (Å²) in [6.07, 6.45) is 3.04. The highest BCUT2D eigenvalue weighted by Crippen LogP contribution is 2.27. The van der Waals surface area contributed by atoms with Gasteiger partial charge in [-0.15, -0.1) is 11.3 Å². The lowest BCUT2D eigenvalue weighted by Crippen LogP contribution is -2.44. The third-order valence-corrected chi connectivity index (χ3v) is 7.21. The van der Waals surface area contributed by atoms with E-state index in [1.165, 1.54) is 0 Å². The largest absolute Gasteiger partial charge is 0.359 e. The first-order valence-corrected chi connectivity index (χ1v) is 12.5. The molecule has 0 saturated heterocycles. The van der Waals surface area contributed by atoms with Gasteiger partial charge in [-0.05, 0) is 23.1 Å². The number of aromatic nitrogens is 4. The smallest absolute Gasteiger partial charge is 0.272 e. The lowest BCUT2D eigenvalue weighted by atomic mass is 10.1. The van der Waals surface area contributed by atoms with Gasteiger partial charge in [0.05, 0.1) is 4.88 Å². The molecule has 0 amide bonds. The third kappa shape index (κ3) is 4.15. The molecule has 0 saturated carbocycles. The molecule has 5 aromatic rings. The number of nitrogens with zero attached hydrogens (tertiary/aromatic N) is 4. The van der Waals surface area contributed by atoms with Crippen LogP contribution in [-0.2, 0) is 19.9 Å². The number of benzene rings is 2. The van der Waals surface area contributed by atoms with Crippen molar-refractivity contribution in [3.63, 3.8) is 0 Å². The van der Waals surface area contributed by atoms with Gasteiger partial charge in [-0.3, -0.25) is 10.00 Å². The number of nitrogens with one attached hydrogen (secondary N) is 1. The molecule has 4 heterocycles. The Labute approximate surface area is 207 Å². The molecule has 6 nitrogen and oxygen atoms in total. The maximum absolute atomic E-state index is 13.6. The van der Waals surface area contributed by atoms with Gasteiger partial charge in [0.15, 0.2) is 0 Å². The van der Waals surface area contributed by atoms with Crippen LogP contribution in [0.5, 0.6) is 0 Å². The van der Waals surface area contributed by atoms with Crippen molar-refractivity contribution in [2.75, 3.05) is 5.32 Å². The van der Waals surface area contributed by atoms with Crippen LogP contribution < -0.4 is 9.88 Å². The van der Waals surface area contributed by atoms with E-state index in [2.05, 4.69) is 34.7 Å². The Morgan fingerprint density at radius 1 is 1.00 bits per heavy atom. The minimum atomic E-state index is -0.385. The first kappa shape index (κ1) is 21.4. The molecule has 6 rings (SSSR count). The maximum atomic E-state index is 13.6. The topological polar surface area (TPSA) is 63.7 Å². The van der Waals surface area contributed by atoms with E-state index in [0.717, 1.165) is 44.6 Å². The second-order valence-corrected chi connectivity index (χ2v) is 9.63. The Balaban J connectivity index is 1.35. The monoisotopic (exact) mass is 478 g/mol. The molecule has 0 aliphatic carbocycles. The number of anilines is 1. The normalized spacial score (nSPS) is 14.7. The number of carbonyl (C=O) groups excluding carboxylic acids is 1. The van der Waals surface area contributed by atoms with Gasteiger partial charge in [-0.2, -0.15) is 9.67 Å². The van der Waals surface area contributed by atoms with E-state index in [-0.39, 0.29) is 11.9 Å². The second-order valence-electron chi connectivity index (χ2n) is 8.68. The predicted octanol–water partition coefficient (Wildman–Crippen LogP) is 4.77. The summed E-state index contributed by atoms with van der Waals surface area (Å²) in [6, 6.07) is 26.0. The van der Waals surface area contributed by atoms with Crippen LogP contribution in [0, 0.1) is 0 Å². The van der Waals surface area contributed by atoms with Gasteiger partial charge in [0.2, 0.25) is 6.04 Å². The van der Waals surface area contributed by atoms with E-state index in [1.54, 1.807) is 15.9 Å². The molecule has 35 heavy (non-hydrogen) atoms. The molecule has 172 valence electrons. The van der Waals surface area contributed by atoms with Crippen molar-refractivity contribution in [1.29, 1.82) is 0 Å². The molecular formula is C28H24N5OS+. The summed E-state index contributed by atoms with van der Waals surface area (Å²) >= 11 is 1.66. The average Bonchev–Trinajstić information content (AvgIpc) is 3.62. The second kappa shape index (κ2) is 8.92. The van der Waals surface area contributed by atoms with E-state index in [1.807, 2.05) is 77.9 Å². The van der Waals surface area contributed by atoms with Gasteiger partial charge in [0.25, 0.3) is 0 Å². The zero-order valence-corrected chi connectivity index (χ0v) is 20.1. The summed E-state index contributed by atoms with van der Waals surface area (Å²) < 4.78 is 3.62. The third-order valence-electron chi connectivity index (χ3n) is 6.32. The molecular weight excluding hydrogens is 454 g/mol. The predicted molar refractivity (Wildman–Crippen MR) is 137 cm³/mol. The highest BCUT2D eigenvalue weighted by molar-refractivity contribution is 7.13. The van der Waals surface area contributed by atoms with Crippen molar-refractivity contribution >= 4 is 23.1 Å². The number of fused-ring (bicyclic) bond motifs is 1. The van der Waals surface area contributed by atoms with Gasteiger partial charge in [0.1, 0.15) is 23.3 Å². The Kier molecular flexibility index (Phi) is 5.47. The molecule has 0 bridgehead atoms. The number of aryl methyl sites for hydroxylation is 1. The fourth-order valence-electron chi connectivity index (χ4n) is 4.52. The molecule has 1 atom stereocenters. The van der Waals surface area contributed by atoms with Crippen LogP contribution in [-0.4, -0.2) is 26.7 Å². The SMILES string of the molecule is Cn1nc(-c2cccs2)cc1CC1Nc2c(Cc3ccccc3)nc(-c3ccccc3)c[n+]2C1=O. The summed E-state index contributed by atoms with van der Waals surface area (Å²) in [7, 11) is 1.93. The van der Waals surface area contributed by atoms with Crippen LogP contribution in [0.15, 0.2) is 90.4 Å². The Morgan fingerprint density at radius 2 is 1.77 bits per heavy atom. The summed E-state index contributed by atoms with van der Waals surface area (Å²) in [5, 5.41) is 10.2. The van der Waals surface area contributed by atoms with E-state index in [4.69, 9.17) is 4.98 Å². The lowest BCUT2D eigenvalue weighted by Gasteiger charge is -2.07. The quantitative estimate of drug-likeness (QED) is 0.357. The standard InChI is InChI=1S/C28H23N5OS/c1-32-21(16-22(31-32)26-13-8-14-35-26)17-24-28(34)33-18-25(20-11-6-3-7-12-20)29-23(27(33)30-24)15-19-9-4-2-5-10-19/h2-14,16,18,24H,15,17H2,1H3/p+1. The zero-order valence-electron chi connectivity index (χ0n) is 19.3. The van der Waals surface area contributed by atoms with Crippen molar-refractivity contribution < 1.29 is 9.36 Å². The van der Waals surface area contributed by atoms with Crippen LogP contribution >= 0.6 is 11.3 Å². The highest BCUT2D eigenvalue weighted by Gasteiger charge is 2.41. The Morgan fingerprint density at radius 3 is 2.51 bits per heavy atom. The van der Waals surface area contributed by atoms with Gasteiger partial charge in [-0.1, -0.05) is 66.7 Å². The van der Waals surface area contributed by atoms with Gasteiger partial charge in [0, 0.05) is 31.1 Å². The molecule has 7 heteroatoms. The molecule has 0 radical (unpaired) electrons. The number of hydrogen-bond donors (Lipinski definition) is 1. The first-order valence-electron chi connectivity index (χ1n) is 11.6. The number of rotatable bonds is 6. The minimum Gasteiger partial charge on any atom is -0.272 e. The van der Waals surface area contributed by atoms with Crippen LogP contribution in [0.2, 0.25) is 0 Å². The van der Waals surface area contributed by atoms with E-state index < -0.39 is 0 Å². The lowest BCUT2D eigenvalue weighted by molar-refractivity contribution is -0.552. The maximum Gasteiger partial charge on any atom is 0.359 e. The molecule has 0 fully saturated rings. The molecule has 2 aromatic carbocycles. The van der Waals surface area contributed by atoms with Gasteiger partial charge < -0.3 is 0 Å². The molecule has 1 N–H and O–H groups in total. The molecule has 1 aliphatic heterocycles. The van der Waals surface area contributed by atoms with Crippen molar-refractivity contribution in [3.05, 3.63) is 107 Å². The highest BCUT2D eigenvalue weighted by atomic mass is 32.1. The van der Waals surface area contributed by atoms with Gasteiger partial charge in [-0.25, -0.2) is 9.78 Å². The fourth-order valence-corrected chi connectivity index (χ4v) is 5.21. The zero-order chi connectivity index (χ0) is 23.8. The summed E-state index contributed by atoms with van der Waals surface area (Å²) in [6.45, 7) is 0. The van der Waals surface area contributed by atoms with Crippen LogP contribution in [0.25, 0.3) is 21.8 Å². The summed E-state index contributed by atoms with van der Waals surface area (Å²) in [5.41, 5.74) is 5.73. The summed E-state index contributed by atoms with van der Waals surface area (Å²) in [4.78, 5) is 19.7. The van der Waals surface area contributed by atoms with E-state index >= 15 is 0 Å². The number of hydrogen-bond acceptors (Lipinski definition) is 5. The fraction of sp³-hybridized carbons (Fsp3) is 0.143. The minimum absolute atomic E-state index is 0.0211. The molecule has 1 unspecified atom stereocenters. The first-order chi connectivity index (χ1) is 17.2. The van der Waals surface area contributed by atoms with E-state index in [0.29, 0.717) is 12.8 Å². The molecule has 0 spiro atoms. The number of carbonyl (C=O) groups is 1. The van der Waals surface area contributed by atoms with Crippen LogP contribution in [0.4, 0.5) is 5.82 Å². The van der Waals surface area contributed by atoms with Gasteiger partial charge >= 0.3 is 11.7 Å². The van der Waals surface area contributed by atoms with Crippen molar-refractivity contribution in [2.24, 2.45) is 7.05 Å². The molecule has 1 aliphatic rings. The summed E-state index contributed by atoms with van der Waals surface area (Å²) in [5.74, 6) is 0.789. The van der Waals surface area contributed by atoms with Crippen LogP contribution in [0.1, 0.15) is 21.7 Å². The Hall–Kier alpha value is -4.10. The van der Waals surface area contributed by atoms with Crippen molar-refractivity contribution in [3.8, 4) is 21.8 Å². The number of thiophene rings is 1. The molecule has 3 aromatic heterocycles. The van der Waals surface area contributed by atoms with Crippen molar-refractivity contribution in [1.82, 2.24) is 14.8 Å². The van der Waals surface area contributed by atoms with Crippen LogP contribution in [0.3, 0.4) is 0 Å².